The first-order chi connectivity index (χ1) is 10.5. The molecular weight excluding hydrogens is 288 g/mol. The van der Waals surface area contributed by atoms with Crippen LogP contribution in [0, 0.1) is 0 Å². The Morgan fingerprint density at radius 3 is 2.50 bits per heavy atom. The average Bonchev–Trinajstić information content (AvgIpc) is 2.53. The number of nitrogens with two attached hydrogens (primary N) is 2. The van der Waals surface area contributed by atoms with Crippen molar-refractivity contribution in [1.29, 1.82) is 0 Å². The minimum atomic E-state index is -0.686. The Labute approximate surface area is 126 Å². The molecule has 0 fully saturated rings. The van der Waals surface area contributed by atoms with Gasteiger partial charge in [-0.1, -0.05) is 0 Å². The molecule has 0 aliphatic carbocycles. The van der Waals surface area contributed by atoms with E-state index in [1.165, 1.54) is 25.6 Å². The number of hydrogen-bond donors (Lipinski definition) is 2. The van der Waals surface area contributed by atoms with E-state index in [1.807, 2.05) is 0 Å². The van der Waals surface area contributed by atoms with Gasteiger partial charge in [0.15, 0.2) is 11.4 Å². The maximum absolute atomic E-state index is 11.9. The number of carbonyl (C=O) groups is 2. The molecule has 2 rings (SSSR count). The molecule has 4 N–H and O–H groups in total. The molecule has 0 saturated heterocycles. The Balaban J connectivity index is 2.14. The zero-order chi connectivity index (χ0) is 16.1. The summed E-state index contributed by atoms with van der Waals surface area (Å²) in [6.07, 6.45) is 2.81. The molecule has 8 heteroatoms. The van der Waals surface area contributed by atoms with E-state index in [-0.39, 0.29) is 29.4 Å². The van der Waals surface area contributed by atoms with Gasteiger partial charge in [-0.05, 0) is 18.2 Å². The van der Waals surface area contributed by atoms with E-state index >= 15 is 0 Å². The van der Waals surface area contributed by atoms with Crippen LogP contribution < -0.4 is 11.5 Å². The van der Waals surface area contributed by atoms with Crippen LogP contribution in [0.3, 0.4) is 0 Å². The average molecular weight is 302 g/mol. The third kappa shape index (κ3) is 3.11. The lowest BCUT2D eigenvalue weighted by molar-refractivity contribution is 0.0468. The molecule has 2 aromatic rings. The van der Waals surface area contributed by atoms with Gasteiger partial charge >= 0.3 is 11.9 Å². The first kappa shape index (κ1) is 15.2. The van der Waals surface area contributed by atoms with E-state index < -0.39 is 11.9 Å². The molecule has 0 atom stereocenters. The van der Waals surface area contributed by atoms with Crippen LogP contribution in [-0.4, -0.2) is 29.0 Å². The van der Waals surface area contributed by atoms with E-state index in [1.54, 1.807) is 12.1 Å². The first-order valence-electron chi connectivity index (χ1n) is 6.24. The number of aromatic nitrogens is 2. The number of hydrogen-bond acceptors (Lipinski definition) is 8. The summed E-state index contributed by atoms with van der Waals surface area (Å²) >= 11 is 0. The minimum absolute atomic E-state index is 0.0170. The number of carbonyl (C=O) groups excluding carboxylic acids is 2. The van der Waals surface area contributed by atoms with E-state index in [9.17, 15) is 9.59 Å². The predicted molar refractivity (Wildman–Crippen MR) is 77.8 cm³/mol. The largest absolute Gasteiger partial charge is 0.464 e. The van der Waals surface area contributed by atoms with Gasteiger partial charge in [-0.2, -0.15) is 0 Å². The van der Waals surface area contributed by atoms with Crippen LogP contribution in [-0.2, 0) is 16.1 Å². The van der Waals surface area contributed by atoms with Crippen molar-refractivity contribution < 1.29 is 19.1 Å². The normalized spacial score (nSPS) is 10.0. The molecule has 0 spiro atoms. The summed E-state index contributed by atoms with van der Waals surface area (Å²) in [5, 5.41) is 0. The Morgan fingerprint density at radius 1 is 1.09 bits per heavy atom. The molecule has 114 valence electrons. The Hall–Kier alpha value is -3.16. The summed E-state index contributed by atoms with van der Waals surface area (Å²) in [4.78, 5) is 31.1. The third-order valence-electron chi connectivity index (χ3n) is 2.85. The van der Waals surface area contributed by atoms with Gasteiger partial charge in [0.05, 0.1) is 18.5 Å². The maximum atomic E-state index is 11.9. The van der Waals surface area contributed by atoms with Crippen LogP contribution in [0.1, 0.15) is 26.5 Å². The smallest absolute Gasteiger partial charge is 0.359 e. The van der Waals surface area contributed by atoms with Crippen molar-refractivity contribution in [2.24, 2.45) is 0 Å². The molecule has 22 heavy (non-hydrogen) atoms. The summed E-state index contributed by atoms with van der Waals surface area (Å²) in [7, 11) is 1.22. The van der Waals surface area contributed by atoms with Gasteiger partial charge in [0, 0.05) is 18.0 Å². The highest BCUT2D eigenvalue weighted by Crippen LogP contribution is 2.18. The second-order valence-corrected chi connectivity index (χ2v) is 4.24. The summed E-state index contributed by atoms with van der Waals surface area (Å²) in [6.45, 7) is -0.146. The SMILES string of the molecule is COC(=O)c1nccc(COC(=O)c2ncccc2N)c1N. The van der Waals surface area contributed by atoms with Crippen molar-refractivity contribution in [1.82, 2.24) is 9.97 Å². The molecule has 0 unspecified atom stereocenters. The van der Waals surface area contributed by atoms with Crippen molar-refractivity contribution in [3.8, 4) is 0 Å². The highest BCUT2D eigenvalue weighted by atomic mass is 16.5. The standard InChI is InChI=1S/C14H14N4O4/c1-21-13(19)12-10(16)8(4-6-18-12)7-22-14(20)11-9(15)3-2-5-17-11/h2-6H,7,15-16H2,1H3. The van der Waals surface area contributed by atoms with E-state index in [0.29, 0.717) is 5.56 Å². The molecule has 2 aromatic heterocycles. The van der Waals surface area contributed by atoms with Crippen LogP contribution in [0.2, 0.25) is 0 Å². The van der Waals surface area contributed by atoms with Crippen molar-refractivity contribution in [3.63, 3.8) is 0 Å². The molecule has 2 heterocycles. The lowest BCUT2D eigenvalue weighted by Crippen LogP contribution is -2.13. The second-order valence-electron chi connectivity index (χ2n) is 4.24. The zero-order valence-corrected chi connectivity index (χ0v) is 11.8. The van der Waals surface area contributed by atoms with E-state index in [2.05, 4.69) is 14.7 Å². The summed E-state index contributed by atoms with van der Waals surface area (Å²) in [5.41, 5.74) is 12.2. The molecule has 0 amide bonds. The fraction of sp³-hybridized carbons (Fsp3) is 0.143. The van der Waals surface area contributed by atoms with E-state index in [4.69, 9.17) is 16.2 Å². The van der Waals surface area contributed by atoms with Crippen LogP contribution in [0.25, 0.3) is 0 Å². The number of rotatable bonds is 4. The lowest BCUT2D eigenvalue weighted by Gasteiger charge is -2.10. The van der Waals surface area contributed by atoms with Gasteiger partial charge in [0.2, 0.25) is 0 Å². The maximum Gasteiger partial charge on any atom is 0.359 e. The third-order valence-corrected chi connectivity index (χ3v) is 2.85. The van der Waals surface area contributed by atoms with Gasteiger partial charge in [-0.15, -0.1) is 0 Å². The van der Waals surface area contributed by atoms with Gasteiger partial charge < -0.3 is 20.9 Å². The van der Waals surface area contributed by atoms with Crippen molar-refractivity contribution in [3.05, 3.63) is 47.5 Å². The molecule has 0 bridgehead atoms. The molecular formula is C14H14N4O4. The fourth-order valence-electron chi connectivity index (χ4n) is 1.70. The molecule has 0 radical (unpaired) electrons. The minimum Gasteiger partial charge on any atom is -0.464 e. The van der Waals surface area contributed by atoms with Crippen molar-refractivity contribution >= 4 is 23.3 Å². The summed E-state index contributed by atoms with van der Waals surface area (Å²) < 4.78 is 9.67. The van der Waals surface area contributed by atoms with Crippen LogP contribution in [0.4, 0.5) is 11.4 Å². The highest BCUT2D eigenvalue weighted by Gasteiger charge is 2.17. The van der Waals surface area contributed by atoms with Crippen molar-refractivity contribution in [2.75, 3.05) is 18.6 Å². The Morgan fingerprint density at radius 2 is 1.82 bits per heavy atom. The van der Waals surface area contributed by atoms with Crippen LogP contribution in [0.15, 0.2) is 30.6 Å². The second kappa shape index (κ2) is 6.53. The van der Waals surface area contributed by atoms with Gasteiger partial charge in [-0.25, -0.2) is 19.6 Å². The molecule has 0 saturated carbocycles. The molecule has 8 nitrogen and oxygen atoms in total. The number of methoxy groups -OCH3 is 1. The number of nitrogens with zero attached hydrogens (tertiary/aromatic N) is 2. The number of nitrogen functional groups attached to an aromatic ring is 2. The quantitative estimate of drug-likeness (QED) is 0.792. The summed E-state index contributed by atoms with van der Waals surface area (Å²) in [6, 6.07) is 4.69. The van der Waals surface area contributed by atoms with E-state index in [0.717, 1.165) is 0 Å². The van der Waals surface area contributed by atoms with Gasteiger partial charge in [-0.3, -0.25) is 0 Å². The predicted octanol–water partition coefficient (Wildman–Crippen LogP) is 0.785. The monoisotopic (exact) mass is 302 g/mol. The van der Waals surface area contributed by atoms with Crippen LogP contribution >= 0.6 is 0 Å². The Bertz CT molecular complexity index is 718. The molecule has 0 aliphatic heterocycles. The topological polar surface area (TPSA) is 130 Å². The van der Waals surface area contributed by atoms with Crippen LogP contribution in [0.5, 0.6) is 0 Å². The van der Waals surface area contributed by atoms with Gasteiger partial charge in [0.1, 0.15) is 6.61 Å². The number of esters is 2. The number of pyridine rings is 2. The zero-order valence-electron chi connectivity index (χ0n) is 11.8. The fourth-order valence-corrected chi connectivity index (χ4v) is 1.70. The van der Waals surface area contributed by atoms with Gasteiger partial charge in [0.25, 0.3) is 0 Å². The number of ether oxygens (including phenoxy) is 2. The lowest BCUT2D eigenvalue weighted by atomic mass is 10.2. The number of anilines is 2. The molecule has 0 aromatic carbocycles. The Kier molecular flexibility index (Phi) is 4.52. The molecule has 0 aliphatic rings. The highest BCUT2D eigenvalue weighted by molar-refractivity contribution is 5.94. The van der Waals surface area contributed by atoms with Crippen molar-refractivity contribution in [2.45, 2.75) is 6.61 Å². The first-order valence-corrected chi connectivity index (χ1v) is 6.24. The summed E-state index contributed by atoms with van der Waals surface area (Å²) in [5.74, 6) is -1.35.